The molecule has 1 aliphatic heterocycles. The summed E-state index contributed by atoms with van der Waals surface area (Å²) in [4.78, 5) is 28.8. The smallest absolute Gasteiger partial charge is 0.244 e. The first kappa shape index (κ1) is 14.6. The van der Waals surface area contributed by atoms with Gasteiger partial charge in [-0.05, 0) is 30.9 Å². The molecule has 0 spiro atoms. The molecule has 5 heteroatoms. The number of likely N-dealkylation sites (tertiary alicyclic amines) is 1. The van der Waals surface area contributed by atoms with Gasteiger partial charge in [-0.1, -0.05) is 18.2 Å². The van der Waals surface area contributed by atoms with Crippen molar-refractivity contribution in [3.63, 3.8) is 0 Å². The number of amides is 2. The number of H-pyrrole nitrogens is 1. The van der Waals surface area contributed by atoms with Crippen LogP contribution < -0.4 is 5.32 Å². The van der Waals surface area contributed by atoms with E-state index in [9.17, 15) is 9.59 Å². The highest BCUT2D eigenvalue weighted by Gasteiger charge is 2.29. The molecule has 1 aromatic carbocycles. The van der Waals surface area contributed by atoms with Crippen LogP contribution in [-0.4, -0.2) is 41.3 Å². The van der Waals surface area contributed by atoms with Crippen molar-refractivity contribution in [2.75, 3.05) is 13.6 Å². The van der Waals surface area contributed by atoms with Crippen LogP contribution >= 0.6 is 0 Å². The van der Waals surface area contributed by atoms with E-state index in [4.69, 9.17) is 0 Å². The number of hydrogen-bond acceptors (Lipinski definition) is 2. The molecule has 1 aliphatic rings. The fourth-order valence-electron chi connectivity index (χ4n) is 3.04. The highest BCUT2D eigenvalue weighted by molar-refractivity contribution is 5.90. The quantitative estimate of drug-likeness (QED) is 0.903. The minimum Gasteiger partial charge on any atom is -0.361 e. The Morgan fingerprint density at radius 1 is 1.45 bits per heavy atom. The van der Waals surface area contributed by atoms with Crippen LogP contribution in [0.4, 0.5) is 0 Å². The largest absolute Gasteiger partial charge is 0.361 e. The molecule has 3 rings (SSSR count). The van der Waals surface area contributed by atoms with Gasteiger partial charge in [0.05, 0.1) is 0 Å². The van der Waals surface area contributed by atoms with Gasteiger partial charge in [-0.2, -0.15) is 0 Å². The third-order valence-corrected chi connectivity index (χ3v) is 4.39. The number of nitrogens with zero attached hydrogens (tertiary/aromatic N) is 1. The average molecular weight is 299 g/mol. The normalized spacial score (nSPS) is 18.2. The van der Waals surface area contributed by atoms with Crippen molar-refractivity contribution in [1.29, 1.82) is 0 Å². The van der Waals surface area contributed by atoms with Gasteiger partial charge in [0, 0.05) is 37.1 Å². The highest BCUT2D eigenvalue weighted by Crippen LogP contribution is 2.22. The van der Waals surface area contributed by atoms with Crippen molar-refractivity contribution in [1.82, 2.24) is 15.2 Å². The number of aromatic amines is 1. The lowest BCUT2D eigenvalue weighted by Gasteiger charge is -2.12. The summed E-state index contributed by atoms with van der Waals surface area (Å²) >= 11 is 0. The van der Waals surface area contributed by atoms with E-state index in [0.29, 0.717) is 25.8 Å². The predicted molar refractivity (Wildman–Crippen MR) is 85.5 cm³/mol. The van der Waals surface area contributed by atoms with Crippen LogP contribution in [0.1, 0.15) is 24.0 Å². The molecule has 2 amide bonds. The van der Waals surface area contributed by atoms with E-state index in [0.717, 1.165) is 11.1 Å². The second kappa shape index (κ2) is 5.83. The van der Waals surface area contributed by atoms with E-state index in [1.807, 2.05) is 12.3 Å². The molecule has 2 N–H and O–H groups in total. The summed E-state index contributed by atoms with van der Waals surface area (Å²) in [6.07, 6.45) is 3.74. The number of benzene rings is 1. The maximum absolute atomic E-state index is 12.1. The summed E-state index contributed by atoms with van der Waals surface area (Å²) in [6.45, 7) is 2.78. The maximum atomic E-state index is 12.1. The molecule has 2 heterocycles. The molecular formula is C17H21N3O2. The number of rotatable bonds is 4. The lowest BCUT2D eigenvalue weighted by Crippen LogP contribution is -2.40. The molecule has 1 unspecified atom stereocenters. The zero-order valence-electron chi connectivity index (χ0n) is 13.0. The third-order valence-electron chi connectivity index (χ3n) is 4.39. The number of para-hydroxylation sites is 1. The van der Waals surface area contributed by atoms with Crippen LogP contribution in [0.15, 0.2) is 24.4 Å². The Balaban J connectivity index is 1.61. The molecular weight excluding hydrogens is 278 g/mol. The number of fused-ring (bicyclic) bond motifs is 1. The fraction of sp³-hybridized carbons (Fsp3) is 0.412. The minimum absolute atomic E-state index is 0.0102. The van der Waals surface area contributed by atoms with Gasteiger partial charge in [-0.25, -0.2) is 0 Å². The first-order valence-electron chi connectivity index (χ1n) is 7.66. The van der Waals surface area contributed by atoms with Gasteiger partial charge < -0.3 is 15.2 Å². The van der Waals surface area contributed by atoms with Gasteiger partial charge >= 0.3 is 0 Å². The second-order valence-corrected chi connectivity index (χ2v) is 5.98. The van der Waals surface area contributed by atoms with Crippen LogP contribution in [0, 0.1) is 6.92 Å². The number of nitrogens with one attached hydrogen (secondary N) is 2. The van der Waals surface area contributed by atoms with E-state index in [1.165, 1.54) is 10.9 Å². The van der Waals surface area contributed by atoms with E-state index in [1.54, 1.807) is 11.9 Å². The molecule has 1 fully saturated rings. The summed E-state index contributed by atoms with van der Waals surface area (Å²) in [5.41, 5.74) is 3.47. The molecule has 5 nitrogen and oxygen atoms in total. The summed E-state index contributed by atoms with van der Waals surface area (Å²) in [5.74, 6) is -0.0493. The average Bonchev–Trinajstić information content (AvgIpc) is 3.05. The number of hydrogen-bond donors (Lipinski definition) is 2. The topological polar surface area (TPSA) is 65.2 Å². The Morgan fingerprint density at radius 2 is 2.27 bits per heavy atom. The van der Waals surface area contributed by atoms with Crippen LogP contribution in [0.2, 0.25) is 0 Å². The molecule has 22 heavy (non-hydrogen) atoms. The Kier molecular flexibility index (Phi) is 3.88. The standard InChI is InChI=1S/C17H21N3O2/c1-11-4-3-5-13-12(10-18-16(11)13)6-7-15(21)19-14-8-9-20(2)17(14)22/h3-5,10,14,18H,6-9H2,1-2H3,(H,19,21). The molecule has 0 radical (unpaired) electrons. The maximum Gasteiger partial charge on any atom is 0.244 e. The van der Waals surface area contributed by atoms with Gasteiger partial charge in [0.25, 0.3) is 0 Å². The van der Waals surface area contributed by atoms with Gasteiger partial charge in [0.15, 0.2) is 0 Å². The molecule has 1 saturated heterocycles. The van der Waals surface area contributed by atoms with Gasteiger partial charge in [-0.15, -0.1) is 0 Å². The van der Waals surface area contributed by atoms with Crippen LogP contribution in [-0.2, 0) is 16.0 Å². The Bertz CT molecular complexity index is 720. The van der Waals surface area contributed by atoms with Crippen molar-refractivity contribution in [2.45, 2.75) is 32.2 Å². The predicted octanol–water partition coefficient (Wildman–Crippen LogP) is 1.76. The number of carbonyl (C=O) groups excluding carboxylic acids is 2. The Hall–Kier alpha value is -2.30. The SMILES string of the molecule is Cc1cccc2c(CCC(=O)NC3CCN(C)C3=O)c[nH]c12. The van der Waals surface area contributed by atoms with Gasteiger partial charge in [0.1, 0.15) is 6.04 Å². The molecule has 0 bridgehead atoms. The summed E-state index contributed by atoms with van der Waals surface area (Å²) in [6, 6.07) is 5.82. The van der Waals surface area contributed by atoms with Crippen molar-refractivity contribution in [3.05, 3.63) is 35.5 Å². The molecule has 0 aliphatic carbocycles. The highest BCUT2D eigenvalue weighted by atomic mass is 16.2. The summed E-state index contributed by atoms with van der Waals surface area (Å²) in [7, 11) is 1.77. The van der Waals surface area contributed by atoms with Crippen LogP contribution in [0.5, 0.6) is 0 Å². The van der Waals surface area contributed by atoms with Crippen LogP contribution in [0.25, 0.3) is 10.9 Å². The number of carbonyl (C=O) groups is 2. The third kappa shape index (κ3) is 2.71. The van der Waals surface area contributed by atoms with E-state index in [-0.39, 0.29) is 17.9 Å². The van der Waals surface area contributed by atoms with Gasteiger partial charge in [-0.3, -0.25) is 9.59 Å². The lowest BCUT2D eigenvalue weighted by molar-refractivity contribution is -0.131. The summed E-state index contributed by atoms with van der Waals surface area (Å²) in [5, 5.41) is 4.01. The molecule has 1 atom stereocenters. The number of aryl methyl sites for hydroxylation is 2. The molecule has 116 valence electrons. The lowest BCUT2D eigenvalue weighted by atomic mass is 10.1. The Morgan fingerprint density at radius 3 is 3.00 bits per heavy atom. The monoisotopic (exact) mass is 299 g/mol. The molecule has 2 aromatic rings. The van der Waals surface area contributed by atoms with E-state index in [2.05, 4.69) is 29.4 Å². The zero-order valence-corrected chi connectivity index (χ0v) is 13.0. The first-order chi connectivity index (χ1) is 10.6. The van der Waals surface area contributed by atoms with Crippen molar-refractivity contribution >= 4 is 22.7 Å². The van der Waals surface area contributed by atoms with Crippen molar-refractivity contribution in [2.24, 2.45) is 0 Å². The summed E-state index contributed by atoms with van der Waals surface area (Å²) < 4.78 is 0. The number of likely N-dealkylation sites (N-methyl/N-ethyl adjacent to an activating group) is 1. The van der Waals surface area contributed by atoms with E-state index < -0.39 is 0 Å². The number of aromatic nitrogens is 1. The van der Waals surface area contributed by atoms with E-state index >= 15 is 0 Å². The minimum atomic E-state index is -0.345. The van der Waals surface area contributed by atoms with Crippen molar-refractivity contribution < 1.29 is 9.59 Å². The Labute approximate surface area is 129 Å². The van der Waals surface area contributed by atoms with Crippen molar-refractivity contribution in [3.8, 4) is 0 Å². The first-order valence-corrected chi connectivity index (χ1v) is 7.66. The van der Waals surface area contributed by atoms with Crippen LogP contribution in [0.3, 0.4) is 0 Å². The molecule has 1 aromatic heterocycles. The second-order valence-electron chi connectivity index (χ2n) is 5.98. The zero-order chi connectivity index (χ0) is 15.7. The van der Waals surface area contributed by atoms with Gasteiger partial charge in [0.2, 0.25) is 11.8 Å². The molecule has 0 saturated carbocycles. The fourth-order valence-corrected chi connectivity index (χ4v) is 3.04.